The zero-order valence-corrected chi connectivity index (χ0v) is 16.9. The molecular formula is C22H39NO2. The van der Waals surface area contributed by atoms with Gasteiger partial charge < -0.3 is 9.47 Å². The van der Waals surface area contributed by atoms with Crippen LogP contribution >= 0.6 is 0 Å². The van der Waals surface area contributed by atoms with E-state index in [1.165, 1.54) is 57.1 Å². The molecule has 0 unspecified atom stereocenters. The van der Waals surface area contributed by atoms with Gasteiger partial charge in [-0.3, -0.25) is 4.98 Å². The first kappa shape index (κ1) is 22.1. The maximum absolute atomic E-state index is 5.58. The van der Waals surface area contributed by atoms with Crippen LogP contribution in [0.3, 0.4) is 0 Å². The minimum absolute atomic E-state index is 0.00354. The van der Waals surface area contributed by atoms with E-state index in [0.29, 0.717) is 0 Å². The molecule has 25 heavy (non-hydrogen) atoms. The Balaban J connectivity index is 2.01. The Morgan fingerprint density at radius 3 is 2.04 bits per heavy atom. The minimum Gasteiger partial charge on any atom is -0.353 e. The molecule has 0 aliphatic heterocycles. The smallest absolute Gasteiger partial charge is 0.157 e. The van der Waals surface area contributed by atoms with Crippen molar-refractivity contribution >= 4 is 0 Å². The van der Waals surface area contributed by atoms with E-state index in [0.717, 1.165) is 19.6 Å². The van der Waals surface area contributed by atoms with E-state index < -0.39 is 0 Å². The first-order valence-corrected chi connectivity index (χ1v) is 10.2. The number of aromatic nitrogens is 1. The third-order valence-electron chi connectivity index (χ3n) is 4.81. The number of pyridine rings is 1. The molecule has 144 valence electrons. The average molecular weight is 350 g/mol. The molecule has 1 aromatic rings. The quantitative estimate of drug-likeness (QED) is 0.276. The molecule has 1 aromatic heterocycles. The van der Waals surface area contributed by atoms with Crippen LogP contribution in [0, 0.1) is 0 Å². The van der Waals surface area contributed by atoms with Crippen molar-refractivity contribution in [2.24, 2.45) is 0 Å². The number of unbranched alkanes of at least 4 members (excludes halogenated alkanes) is 6. The Hall–Kier alpha value is -0.930. The fourth-order valence-electron chi connectivity index (χ4n) is 3.24. The Morgan fingerprint density at radius 1 is 0.880 bits per heavy atom. The zero-order chi connectivity index (χ0) is 18.4. The lowest BCUT2D eigenvalue weighted by molar-refractivity contribution is -0.140. The van der Waals surface area contributed by atoms with Gasteiger partial charge in [0.15, 0.2) is 6.29 Å². The molecule has 3 heteroatoms. The van der Waals surface area contributed by atoms with Gasteiger partial charge in [0.1, 0.15) is 0 Å². The molecule has 0 bridgehead atoms. The molecule has 0 N–H and O–H groups in total. The Kier molecular flexibility index (Phi) is 11.8. The van der Waals surface area contributed by atoms with Crippen LogP contribution in [-0.2, 0) is 14.9 Å². The molecule has 0 aliphatic carbocycles. The molecule has 1 heterocycles. The van der Waals surface area contributed by atoms with Crippen molar-refractivity contribution in [3.63, 3.8) is 0 Å². The predicted molar refractivity (Wildman–Crippen MR) is 106 cm³/mol. The van der Waals surface area contributed by atoms with Gasteiger partial charge in [-0.15, -0.1) is 0 Å². The number of hydrogen-bond donors (Lipinski definition) is 0. The highest BCUT2D eigenvalue weighted by Crippen LogP contribution is 2.27. The highest BCUT2D eigenvalue weighted by Gasteiger charge is 2.20. The second-order valence-corrected chi connectivity index (χ2v) is 7.45. The monoisotopic (exact) mass is 349 g/mol. The average Bonchev–Trinajstić information content (AvgIpc) is 2.61. The molecule has 0 saturated heterocycles. The Bertz CT molecular complexity index is 413. The summed E-state index contributed by atoms with van der Waals surface area (Å²) in [6.07, 6.45) is 13.3. The summed E-state index contributed by atoms with van der Waals surface area (Å²) >= 11 is 0. The van der Waals surface area contributed by atoms with Crippen molar-refractivity contribution in [1.29, 1.82) is 0 Å². The molecule has 0 aromatic carbocycles. The van der Waals surface area contributed by atoms with Crippen LogP contribution in [0.2, 0.25) is 0 Å². The van der Waals surface area contributed by atoms with Gasteiger partial charge in [-0.25, -0.2) is 0 Å². The van der Waals surface area contributed by atoms with E-state index in [2.05, 4.69) is 31.0 Å². The third kappa shape index (κ3) is 9.96. The van der Waals surface area contributed by atoms with Gasteiger partial charge in [0.25, 0.3) is 0 Å². The van der Waals surface area contributed by atoms with Crippen LogP contribution in [0.25, 0.3) is 0 Å². The number of ether oxygens (including phenoxy) is 2. The molecule has 3 nitrogen and oxygen atoms in total. The highest BCUT2D eigenvalue weighted by atomic mass is 16.7. The number of rotatable bonds is 15. The summed E-state index contributed by atoms with van der Waals surface area (Å²) in [7, 11) is 0. The molecular weight excluding hydrogens is 310 g/mol. The van der Waals surface area contributed by atoms with Crippen molar-refractivity contribution in [3.05, 3.63) is 30.1 Å². The van der Waals surface area contributed by atoms with E-state index in [9.17, 15) is 0 Å². The first-order valence-electron chi connectivity index (χ1n) is 10.2. The first-order chi connectivity index (χ1) is 12.1. The lowest BCUT2D eigenvalue weighted by Crippen LogP contribution is -2.18. The SMILES string of the molecule is CCOC(CCCCCCCCCC(C)(C)c1ccccn1)OCC. The summed E-state index contributed by atoms with van der Waals surface area (Å²) in [5.41, 5.74) is 1.41. The van der Waals surface area contributed by atoms with Crippen molar-refractivity contribution < 1.29 is 9.47 Å². The van der Waals surface area contributed by atoms with Crippen molar-refractivity contribution in [2.45, 2.75) is 97.2 Å². The summed E-state index contributed by atoms with van der Waals surface area (Å²) in [5, 5.41) is 0. The molecule has 0 aliphatic rings. The summed E-state index contributed by atoms with van der Waals surface area (Å²) in [5.74, 6) is 0. The van der Waals surface area contributed by atoms with Crippen LogP contribution in [0.4, 0.5) is 0 Å². The molecule has 0 spiro atoms. The molecule has 0 saturated carbocycles. The van der Waals surface area contributed by atoms with Crippen LogP contribution in [-0.4, -0.2) is 24.5 Å². The van der Waals surface area contributed by atoms with Gasteiger partial charge in [0, 0.05) is 30.5 Å². The molecule has 1 rings (SSSR count). The normalized spacial score (nSPS) is 12.0. The summed E-state index contributed by atoms with van der Waals surface area (Å²) in [6, 6.07) is 6.23. The lowest BCUT2D eigenvalue weighted by Gasteiger charge is -2.23. The highest BCUT2D eigenvalue weighted by molar-refractivity contribution is 5.13. The second kappa shape index (κ2) is 13.3. The molecule has 0 atom stereocenters. The van der Waals surface area contributed by atoms with Gasteiger partial charge in [-0.1, -0.05) is 58.4 Å². The van der Waals surface area contributed by atoms with Crippen molar-refractivity contribution in [2.75, 3.05) is 13.2 Å². The predicted octanol–water partition coefficient (Wildman–Crippen LogP) is 6.27. The van der Waals surface area contributed by atoms with Crippen LogP contribution in [0.5, 0.6) is 0 Å². The Labute approximate surface area is 155 Å². The molecule has 0 amide bonds. The molecule has 0 radical (unpaired) electrons. The van der Waals surface area contributed by atoms with Gasteiger partial charge >= 0.3 is 0 Å². The fourth-order valence-corrected chi connectivity index (χ4v) is 3.24. The lowest BCUT2D eigenvalue weighted by atomic mass is 9.83. The number of hydrogen-bond acceptors (Lipinski definition) is 3. The summed E-state index contributed by atoms with van der Waals surface area (Å²) < 4.78 is 11.2. The number of nitrogens with zero attached hydrogens (tertiary/aromatic N) is 1. The maximum atomic E-state index is 5.58. The fraction of sp³-hybridized carbons (Fsp3) is 0.773. The topological polar surface area (TPSA) is 31.4 Å². The standard InChI is InChI=1S/C22H39NO2/c1-5-24-21(25-6-2)17-12-10-8-7-9-11-14-18-22(3,4)20-16-13-15-19-23-20/h13,15-16,19,21H,5-12,14,17-18H2,1-4H3. The maximum Gasteiger partial charge on any atom is 0.157 e. The van der Waals surface area contributed by atoms with Gasteiger partial charge in [0.05, 0.1) is 0 Å². The third-order valence-corrected chi connectivity index (χ3v) is 4.81. The van der Waals surface area contributed by atoms with Gasteiger partial charge in [-0.2, -0.15) is 0 Å². The van der Waals surface area contributed by atoms with Crippen LogP contribution in [0.15, 0.2) is 24.4 Å². The summed E-state index contributed by atoms with van der Waals surface area (Å²) in [6.45, 7) is 10.1. The Morgan fingerprint density at radius 2 is 1.48 bits per heavy atom. The van der Waals surface area contributed by atoms with Crippen LogP contribution in [0.1, 0.15) is 91.2 Å². The van der Waals surface area contributed by atoms with E-state index in [-0.39, 0.29) is 11.7 Å². The van der Waals surface area contributed by atoms with E-state index in [4.69, 9.17) is 9.47 Å². The van der Waals surface area contributed by atoms with E-state index >= 15 is 0 Å². The van der Waals surface area contributed by atoms with E-state index in [1.807, 2.05) is 26.1 Å². The van der Waals surface area contributed by atoms with Gasteiger partial charge in [-0.05, 0) is 45.2 Å². The van der Waals surface area contributed by atoms with Crippen LogP contribution < -0.4 is 0 Å². The zero-order valence-electron chi connectivity index (χ0n) is 16.9. The van der Waals surface area contributed by atoms with Crippen molar-refractivity contribution in [1.82, 2.24) is 4.98 Å². The molecule has 0 fully saturated rings. The summed E-state index contributed by atoms with van der Waals surface area (Å²) in [4.78, 5) is 4.52. The van der Waals surface area contributed by atoms with E-state index in [1.54, 1.807) is 0 Å². The minimum atomic E-state index is 0.00354. The largest absolute Gasteiger partial charge is 0.353 e. The van der Waals surface area contributed by atoms with Crippen molar-refractivity contribution in [3.8, 4) is 0 Å². The second-order valence-electron chi connectivity index (χ2n) is 7.45. The van der Waals surface area contributed by atoms with Gasteiger partial charge in [0.2, 0.25) is 0 Å².